The van der Waals surface area contributed by atoms with E-state index < -0.39 is 0 Å². The van der Waals surface area contributed by atoms with Crippen LogP contribution < -0.4 is 10.6 Å². The maximum atomic E-state index is 12.5. The van der Waals surface area contributed by atoms with Gasteiger partial charge in [-0.05, 0) is 43.7 Å². The lowest BCUT2D eigenvalue weighted by atomic mass is 10.1. The van der Waals surface area contributed by atoms with Crippen LogP contribution in [-0.4, -0.2) is 21.8 Å². The van der Waals surface area contributed by atoms with Crippen molar-refractivity contribution in [2.75, 3.05) is 10.6 Å². The summed E-state index contributed by atoms with van der Waals surface area (Å²) in [6.07, 6.45) is 0.153. The van der Waals surface area contributed by atoms with Crippen LogP contribution >= 0.6 is 22.7 Å². The van der Waals surface area contributed by atoms with Crippen molar-refractivity contribution in [2.24, 2.45) is 0 Å². The Morgan fingerprint density at radius 3 is 2.52 bits per heavy atom. The number of amides is 2. The van der Waals surface area contributed by atoms with Crippen LogP contribution in [-0.2, 0) is 11.2 Å². The molecule has 31 heavy (non-hydrogen) atoms. The van der Waals surface area contributed by atoms with E-state index in [1.165, 1.54) is 11.3 Å². The van der Waals surface area contributed by atoms with Crippen LogP contribution in [0.15, 0.2) is 60.0 Å². The molecule has 0 aliphatic heterocycles. The third kappa shape index (κ3) is 5.22. The predicted molar refractivity (Wildman–Crippen MR) is 126 cm³/mol. The number of aromatic nitrogens is 2. The molecule has 0 bridgehead atoms. The Morgan fingerprint density at radius 1 is 0.968 bits per heavy atom. The number of nitrogens with zero attached hydrogens (tertiary/aromatic N) is 2. The van der Waals surface area contributed by atoms with E-state index >= 15 is 0 Å². The molecule has 0 spiro atoms. The van der Waals surface area contributed by atoms with Crippen LogP contribution in [0.3, 0.4) is 0 Å². The number of carbonyl (C=O) groups excluding carboxylic acids is 2. The molecule has 2 heterocycles. The van der Waals surface area contributed by atoms with Crippen molar-refractivity contribution in [3.8, 4) is 10.6 Å². The lowest BCUT2D eigenvalue weighted by Gasteiger charge is -2.07. The first-order valence-electron chi connectivity index (χ1n) is 9.63. The van der Waals surface area contributed by atoms with Gasteiger partial charge in [0.25, 0.3) is 5.91 Å². The average Bonchev–Trinajstić information content (AvgIpc) is 3.34. The monoisotopic (exact) mass is 448 g/mol. The number of benzene rings is 2. The molecule has 0 aliphatic carbocycles. The second-order valence-corrected chi connectivity index (χ2v) is 8.99. The van der Waals surface area contributed by atoms with E-state index in [0.717, 1.165) is 32.5 Å². The van der Waals surface area contributed by atoms with Gasteiger partial charge in [-0.2, -0.15) is 0 Å². The van der Waals surface area contributed by atoms with E-state index in [1.54, 1.807) is 29.5 Å². The van der Waals surface area contributed by atoms with E-state index in [-0.39, 0.29) is 18.2 Å². The largest absolute Gasteiger partial charge is 0.322 e. The molecule has 0 atom stereocenters. The zero-order valence-electron chi connectivity index (χ0n) is 17.0. The van der Waals surface area contributed by atoms with Crippen LogP contribution in [0.2, 0.25) is 0 Å². The fraction of sp³-hybridized carbons (Fsp3) is 0.130. The van der Waals surface area contributed by atoms with Crippen molar-refractivity contribution >= 4 is 45.3 Å². The Morgan fingerprint density at radius 2 is 1.77 bits per heavy atom. The molecular formula is C23H20N4O2S2. The molecule has 2 amide bonds. The highest BCUT2D eigenvalue weighted by Gasteiger charge is 2.14. The molecule has 0 fully saturated rings. The van der Waals surface area contributed by atoms with E-state index in [9.17, 15) is 9.59 Å². The van der Waals surface area contributed by atoms with Crippen molar-refractivity contribution in [2.45, 2.75) is 20.3 Å². The van der Waals surface area contributed by atoms with E-state index in [4.69, 9.17) is 0 Å². The second kappa shape index (κ2) is 9.20. The first kappa shape index (κ1) is 20.9. The smallest absolute Gasteiger partial charge is 0.255 e. The maximum Gasteiger partial charge on any atom is 0.255 e. The van der Waals surface area contributed by atoms with Gasteiger partial charge in [0, 0.05) is 16.6 Å². The van der Waals surface area contributed by atoms with Gasteiger partial charge in [0.15, 0.2) is 5.13 Å². The number of carbonyl (C=O) groups is 2. The molecule has 0 saturated carbocycles. The Bertz CT molecular complexity index is 1230. The van der Waals surface area contributed by atoms with Gasteiger partial charge < -0.3 is 10.6 Å². The van der Waals surface area contributed by atoms with Gasteiger partial charge in [-0.25, -0.2) is 9.97 Å². The minimum absolute atomic E-state index is 0.153. The van der Waals surface area contributed by atoms with Crippen LogP contribution in [0.5, 0.6) is 0 Å². The Labute approximate surface area is 188 Å². The quantitative estimate of drug-likeness (QED) is 0.418. The number of hydrogen-bond acceptors (Lipinski definition) is 6. The molecule has 8 heteroatoms. The topological polar surface area (TPSA) is 84.0 Å². The first-order valence-corrected chi connectivity index (χ1v) is 11.3. The van der Waals surface area contributed by atoms with Crippen molar-refractivity contribution in [3.05, 3.63) is 81.8 Å². The minimum atomic E-state index is -0.215. The van der Waals surface area contributed by atoms with Gasteiger partial charge in [0.05, 0.1) is 27.7 Å². The highest BCUT2D eigenvalue weighted by atomic mass is 32.1. The summed E-state index contributed by atoms with van der Waals surface area (Å²) in [5, 5.41) is 9.15. The molecule has 156 valence electrons. The molecule has 0 saturated heterocycles. The summed E-state index contributed by atoms with van der Waals surface area (Å²) in [6.45, 7) is 3.92. The molecular weight excluding hydrogens is 428 g/mol. The summed E-state index contributed by atoms with van der Waals surface area (Å²) < 4.78 is 0. The van der Waals surface area contributed by atoms with Gasteiger partial charge in [-0.3, -0.25) is 9.59 Å². The first-order chi connectivity index (χ1) is 15.0. The van der Waals surface area contributed by atoms with Crippen molar-refractivity contribution in [1.82, 2.24) is 9.97 Å². The van der Waals surface area contributed by atoms with E-state index in [1.807, 2.05) is 55.6 Å². The molecule has 4 rings (SSSR count). The normalized spacial score (nSPS) is 10.6. The Kier molecular flexibility index (Phi) is 6.20. The minimum Gasteiger partial charge on any atom is -0.322 e. The number of anilines is 2. The Balaban J connectivity index is 1.39. The number of aryl methyl sites for hydroxylation is 2. The summed E-state index contributed by atoms with van der Waals surface area (Å²) >= 11 is 2.97. The van der Waals surface area contributed by atoms with Gasteiger partial charge in [-0.1, -0.05) is 30.3 Å². The average molecular weight is 449 g/mol. The number of hydrogen-bond donors (Lipinski definition) is 2. The van der Waals surface area contributed by atoms with Crippen molar-refractivity contribution in [3.63, 3.8) is 0 Å². The summed E-state index contributed by atoms with van der Waals surface area (Å²) in [6, 6.07) is 16.3. The van der Waals surface area contributed by atoms with Crippen molar-refractivity contribution < 1.29 is 9.59 Å². The van der Waals surface area contributed by atoms with Crippen LogP contribution in [0.1, 0.15) is 26.6 Å². The number of para-hydroxylation sites is 1. The predicted octanol–water partition coefficient (Wildman–Crippen LogP) is 5.32. The lowest BCUT2D eigenvalue weighted by Crippen LogP contribution is -2.15. The fourth-order valence-corrected chi connectivity index (χ4v) is 4.77. The maximum absolute atomic E-state index is 12.5. The highest BCUT2D eigenvalue weighted by molar-refractivity contribution is 7.16. The van der Waals surface area contributed by atoms with Crippen molar-refractivity contribution in [1.29, 1.82) is 0 Å². The standard InChI is InChI=1S/C23H20N4O2S2/c1-14-21(31-15(2)24-14)19-13-30-23(26-19)27-20(28)12-16-7-6-8-17(11-16)22(29)25-18-9-4-3-5-10-18/h3-11,13H,12H2,1-2H3,(H,25,29)(H,26,27,28). The fourth-order valence-electron chi connectivity index (χ4n) is 3.10. The van der Waals surface area contributed by atoms with Gasteiger partial charge in [0.2, 0.25) is 5.91 Å². The second-order valence-electron chi connectivity index (χ2n) is 6.93. The number of rotatable bonds is 6. The van der Waals surface area contributed by atoms with Crippen LogP contribution in [0, 0.1) is 13.8 Å². The third-order valence-corrected chi connectivity index (χ3v) is 6.33. The zero-order valence-corrected chi connectivity index (χ0v) is 18.6. The van der Waals surface area contributed by atoms with Gasteiger partial charge in [-0.15, -0.1) is 22.7 Å². The zero-order chi connectivity index (χ0) is 21.8. The van der Waals surface area contributed by atoms with Gasteiger partial charge >= 0.3 is 0 Å². The molecule has 0 unspecified atom stereocenters. The summed E-state index contributed by atoms with van der Waals surface area (Å²) in [5.41, 5.74) is 3.74. The third-order valence-electron chi connectivity index (χ3n) is 4.47. The summed E-state index contributed by atoms with van der Waals surface area (Å²) in [5.74, 6) is -0.396. The molecule has 6 nitrogen and oxygen atoms in total. The molecule has 4 aromatic rings. The number of nitrogens with one attached hydrogen (secondary N) is 2. The van der Waals surface area contributed by atoms with E-state index in [2.05, 4.69) is 20.6 Å². The Hall–Kier alpha value is -3.36. The summed E-state index contributed by atoms with van der Waals surface area (Å²) in [4.78, 5) is 35.0. The molecule has 2 aromatic carbocycles. The highest BCUT2D eigenvalue weighted by Crippen LogP contribution is 2.32. The SMILES string of the molecule is Cc1nc(C)c(-c2csc(NC(=O)Cc3cccc(C(=O)Nc4ccccc4)c3)n2)s1. The molecule has 0 aliphatic rings. The van der Waals surface area contributed by atoms with E-state index in [0.29, 0.717) is 10.7 Å². The molecule has 2 N–H and O–H groups in total. The summed E-state index contributed by atoms with van der Waals surface area (Å²) in [7, 11) is 0. The molecule has 0 radical (unpaired) electrons. The lowest BCUT2D eigenvalue weighted by molar-refractivity contribution is -0.115. The van der Waals surface area contributed by atoms with Gasteiger partial charge in [0.1, 0.15) is 0 Å². The number of thiazole rings is 2. The molecule has 2 aromatic heterocycles. The van der Waals surface area contributed by atoms with Crippen LogP contribution in [0.4, 0.5) is 10.8 Å². The van der Waals surface area contributed by atoms with Crippen LogP contribution in [0.25, 0.3) is 10.6 Å².